The minimum atomic E-state index is -1.21. The summed E-state index contributed by atoms with van der Waals surface area (Å²) in [7, 11) is 0. The van der Waals surface area contributed by atoms with E-state index in [0.29, 0.717) is 24.1 Å². The van der Waals surface area contributed by atoms with Crippen LogP contribution in [0.3, 0.4) is 0 Å². The highest BCUT2D eigenvalue weighted by Crippen LogP contribution is 2.41. The number of amides is 3. The molecule has 30 heavy (non-hydrogen) atoms. The number of nitrogens with one attached hydrogen (secondary N) is 3. The zero-order valence-corrected chi connectivity index (χ0v) is 16.7. The predicted molar refractivity (Wildman–Crippen MR) is 109 cm³/mol. The summed E-state index contributed by atoms with van der Waals surface area (Å²) in [5, 5.41) is 16.8. The molecular weight excluding hydrogens is 390 g/mol. The van der Waals surface area contributed by atoms with Gasteiger partial charge < -0.3 is 25.8 Å². The van der Waals surface area contributed by atoms with Crippen LogP contribution in [0.2, 0.25) is 0 Å². The van der Waals surface area contributed by atoms with Gasteiger partial charge >= 0.3 is 5.97 Å². The van der Waals surface area contributed by atoms with E-state index in [1.165, 1.54) is 6.08 Å². The molecule has 0 unspecified atom stereocenters. The van der Waals surface area contributed by atoms with Crippen LogP contribution < -0.4 is 16.0 Å². The van der Waals surface area contributed by atoms with E-state index < -0.39 is 29.1 Å². The van der Waals surface area contributed by atoms with Crippen molar-refractivity contribution in [3.05, 3.63) is 42.5 Å². The zero-order chi connectivity index (χ0) is 22.0. The Labute approximate surface area is 174 Å². The summed E-state index contributed by atoms with van der Waals surface area (Å²) in [6.45, 7) is 3.24. The van der Waals surface area contributed by atoms with Gasteiger partial charge in [0.15, 0.2) is 0 Å². The van der Waals surface area contributed by atoms with Crippen LogP contribution in [0.15, 0.2) is 36.9 Å². The van der Waals surface area contributed by atoms with E-state index in [2.05, 4.69) is 22.5 Å². The average molecular weight is 417 g/mol. The molecule has 0 radical (unpaired) electrons. The van der Waals surface area contributed by atoms with Crippen LogP contribution in [0.4, 0.5) is 5.69 Å². The number of carbonyl (C=O) groups is 4. The van der Waals surface area contributed by atoms with Crippen molar-refractivity contribution in [3.8, 4) is 0 Å². The second-order valence-electron chi connectivity index (χ2n) is 7.00. The van der Waals surface area contributed by atoms with Crippen molar-refractivity contribution in [2.75, 3.05) is 25.0 Å². The Morgan fingerprint density at radius 2 is 1.77 bits per heavy atom. The minimum Gasteiger partial charge on any atom is -0.461 e. The first kappa shape index (κ1) is 23.1. The van der Waals surface area contributed by atoms with Gasteiger partial charge in [0.2, 0.25) is 17.7 Å². The summed E-state index contributed by atoms with van der Waals surface area (Å²) in [5.41, 5.74) is 0.0350. The van der Waals surface area contributed by atoms with Gasteiger partial charge in [0, 0.05) is 12.2 Å². The summed E-state index contributed by atoms with van der Waals surface area (Å²) in [6.07, 6.45) is 2.94. The summed E-state index contributed by atoms with van der Waals surface area (Å²) in [4.78, 5) is 48.6. The minimum absolute atomic E-state index is 0.00520. The van der Waals surface area contributed by atoms with Crippen molar-refractivity contribution in [2.24, 2.45) is 5.41 Å². The predicted octanol–water partition coefficient (Wildman–Crippen LogP) is 0.639. The molecule has 2 rings (SSSR count). The normalized spacial score (nSPS) is 14.0. The quantitative estimate of drug-likeness (QED) is 0.237. The number of carbonyl (C=O) groups excluding carboxylic acids is 4. The highest BCUT2D eigenvalue weighted by molar-refractivity contribution is 6.07. The molecule has 0 aliphatic heterocycles. The number of aliphatic hydroxyl groups excluding tert-OH is 1. The molecule has 1 aliphatic carbocycles. The second-order valence-corrected chi connectivity index (χ2v) is 7.00. The molecule has 9 nitrogen and oxygen atoms in total. The van der Waals surface area contributed by atoms with Gasteiger partial charge in [-0.15, -0.1) is 0 Å². The van der Waals surface area contributed by atoms with Crippen LogP contribution >= 0.6 is 0 Å². The summed E-state index contributed by atoms with van der Waals surface area (Å²) >= 11 is 0. The van der Waals surface area contributed by atoms with Crippen LogP contribution in [0.1, 0.15) is 31.2 Å². The Bertz CT molecular complexity index is 786. The van der Waals surface area contributed by atoms with E-state index in [-0.39, 0.29) is 32.7 Å². The van der Waals surface area contributed by atoms with E-state index in [1.807, 2.05) is 0 Å². The van der Waals surface area contributed by atoms with Crippen LogP contribution in [0.25, 0.3) is 0 Å². The first-order valence-corrected chi connectivity index (χ1v) is 9.74. The molecular formula is C21H27N3O6. The fraction of sp³-hybridized carbons (Fsp3) is 0.429. The van der Waals surface area contributed by atoms with E-state index in [4.69, 9.17) is 9.84 Å². The number of rotatable bonds is 11. The second kappa shape index (κ2) is 11.1. The van der Waals surface area contributed by atoms with Gasteiger partial charge in [0.05, 0.1) is 19.6 Å². The molecule has 1 saturated carbocycles. The lowest BCUT2D eigenvalue weighted by atomic mass is 9.67. The summed E-state index contributed by atoms with van der Waals surface area (Å²) in [6, 6.07) is 6.64. The van der Waals surface area contributed by atoms with Gasteiger partial charge in [-0.25, -0.2) is 0 Å². The third-order valence-electron chi connectivity index (χ3n) is 4.88. The SMILES string of the molecule is C=CCOC(=O)CCNC(=O)C1(C(=O)NCC(=O)Nc2ccc(CO)cc2)CCC1. The molecule has 0 aromatic heterocycles. The van der Waals surface area contributed by atoms with Crippen molar-refractivity contribution in [1.29, 1.82) is 0 Å². The maximum absolute atomic E-state index is 12.6. The van der Waals surface area contributed by atoms with Gasteiger partial charge in [0.25, 0.3) is 0 Å². The van der Waals surface area contributed by atoms with Crippen molar-refractivity contribution in [3.63, 3.8) is 0 Å². The number of anilines is 1. The largest absolute Gasteiger partial charge is 0.461 e. The van der Waals surface area contributed by atoms with Crippen LogP contribution in [0.5, 0.6) is 0 Å². The Balaban J connectivity index is 1.79. The van der Waals surface area contributed by atoms with Crippen LogP contribution in [-0.4, -0.2) is 48.5 Å². The standard InChI is InChI=1S/C21H27N3O6/c1-2-12-30-18(27)8-11-22-19(28)21(9-3-10-21)20(29)23-13-17(26)24-16-6-4-15(14-25)5-7-16/h2,4-7,25H,1,3,8-14H2,(H,22,28)(H,23,29)(H,24,26). The molecule has 1 fully saturated rings. The summed E-state index contributed by atoms with van der Waals surface area (Å²) in [5.74, 6) is -1.86. The van der Waals surface area contributed by atoms with Gasteiger partial charge in [-0.2, -0.15) is 0 Å². The first-order valence-electron chi connectivity index (χ1n) is 9.74. The number of esters is 1. The highest BCUT2D eigenvalue weighted by Gasteiger charge is 2.50. The third-order valence-corrected chi connectivity index (χ3v) is 4.88. The molecule has 1 aromatic rings. The molecule has 0 spiro atoms. The number of aliphatic hydroxyl groups is 1. The molecule has 1 aliphatic rings. The Kier molecular flexibility index (Phi) is 8.54. The lowest BCUT2D eigenvalue weighted by molar-refractivity contribution is -0.150. The first-order chi connectivity index (χ1) is 14.4. The lowest BCUT2D eigenvalue weighted by Gasteiger charge is -2.38. The van der Waals surface area contributed by atoms with Crippen molar-refractivity contribution >= 4 is 29.4 Å². The van der Waals surface area contributed by atoms with E-state index in [9.17, 15) is 19.2 Å². The van der Waals surface area contributed by atoms with Crippen molar-refractivity contribution in [1.82, 2.24) is 10.6 Å². The Hall–Kier alpha value is -3.20. The topological polar surface area (TPSA) is 134 Å². The fourth-order valence-corrected chi connectivity index (χ4v) is 2.99. The monoisotopic (exact) mass is 417 g/mol. The lowest BCUT2D eigenvalue weighted by Crippen LogP contribution is -2.56. The van der Waals surface area contributed by atoms with Crippen LogP contribution in [-0.2, 0) is 30.5 Å². The molecule has 0 atom stereocenters. The number of ether oxygens (including phenoxy) is 1. The zero-order valence-electron chi connectivity index (χ0n) is 16.7. The summed E-state index contributed by atoms with van der Waals surface area (Å²) < 4.78 is 4.83. The van der Waals surface area contributed by atoms with Gasteiger partial charge in [0.1, 0.15) is 12.0 Å². The van der Waals surface area contributed by atoms with Gasteiger partial charge in [-0.05, 0) is 30.5 Å². The van der Waals surface area contributed by atoms with Crippen molar-refractivity contribution in [2.45, 2.75) is 32.3 Å². The van der Waals surface area contributed by atoms with Crippen LogP contribution in [0, 0.1) is 5.41 Å². The molecule has 0 bridgehead atoms. The van der Waals surface area contributed by atoms with Gasteiger partial charge in [-0.1, -0.05) is 31.2 Å². The van der Waals surface area contributed by atoms with E-state index >= 15 is 0 Å². The molecule has 9 heteroatoms. The smallest absolute Gasteiger partial charge is 0.307 e. The average Bonchev–Trinajstić information content (AvgIpc) is 2.70. The Morgan fingerprint density at radius 3 is 2.33 bits per heavy atom. The van der Waals surface area contributed by atoms with Crippen molar-refractivity contribution < 1.29 is 29.0 Å². The number of hydrogen-bond donors (Lipinski definition) is 4. The van der Waals surface area contributed by atoms with E-state index in [1.54, 1.807) is 24.3 Å². The maximum Gasteiger partial charge on any atom is 0.307 e. The molecule has 0 saturated heterocycles. The highest BCUT2D eigenvalue weighted by atomic mass is 16.5. The molecule has 0 heterocycles. The molecule has 4 N–H and O–H groups in total. The van der Waals surface area contributed by atoms with E-state index in [0.717, 1.165) is 6.42 Å². The third kappa shape index (κ3) is 6.15. The molecule has 162 valence electrons. The van der Waals surface area contributed by atoms with Gasteiger partial charge in [-0.3, -0.25) is 19.2 Å². The Morgan fingerprint density at radius 1 is 1.10 bits per heavy atom. The number of benzene rings is 1. The number of hydrogen-bond acceptors (Lipinski definition) is 6. The molecule has 3 amide bonds. The maximum atomic E-state index is 12.6. The molecule has 1 aromatic carbocycles. The fourth-order valence-electron chi connectivity index (χ4n) is 2.99.